The molecule has 0 radical (unpaired) electrons. The van der Waals surface area contributed by atoms with E-state index in [0.29, 0.717) is 40.4 Å². The van der Waals surface area contributed by atoms with Gasteiger partial charge in [0.1, 0.15) is 5.75 Å². The monoisotopic (exact) mass is 590 g/mol. The number of benzene rings is 1. The molecule has 0 saturated carbocycles. The smallest absolute Gasteiger partial charge is 0.282 e. The largest absolute Gasteiger partial charge is 0.494 e. The lowest BCUT2D eigenvalue weighted by molar-refractivity contribution is 0.0938. The Bertz CT molecular complexity index is 1080. The predicted molar refractivity (Wildman–Crippen MR) is 141 cm³/mol. The Balaban J connectivity index is 0.00000176. The van der Waals surface area contributed by atoms with E-state index in [0.717, 1.165) is 6.42 Å². The fourth-order valence-electron chi connectivity index (χ4n) is 2.77. The topological polar surface area (TPSA) is 108 Å². The van der Waals surface area contributed by atoms with Crippen molar-refractivity contribution in [1.29, 1.82) is 0 Å². The number of nitrogens with zero attached hydrogens (tertiary/aromatic N) is 2. The summed E-state index contributed by atoms with van der Waals surface area (Å²) in [7, 11) is 1.30. The van der Waals surface area contributed by atoms with Gasteiger partial charge in [-0.15, -0.1) is 11.3 Å². The highest BCUT2D eigenvalue weighted by Gasteiger charge is 2.21. The zero-order valence-electron chi connectivity index (χ0n) is 18.4. The van der Waals surface area contributed by atoms with Crippen LogP contribution in [0.2, 0.25) is 0 Å². The first-order valence-electron chi connectivity index (χ1n) is 10.2. The van der Waals surface area contributed by atoms with Crippen molar-refractivity contribution in [3.05, 3.63) is 45.7 Å². The third-order valence-corrected chi connectivity index (χ3v) is 5.91. The number of nitrogens with two attached hydrogens (primary N) is 1. The van der Waals surface area contributed by atoms with E-state index in [4.69, 9.17) is 14.7 Å². The molecular weight excluding hydrogens is 563 g/mol. The van der Waals surface area contributed by atoms with Crippen LogP contribution >= 0.6 is 41.8 Å². The first kappa shape index (κ1) is 26.4. The fourth-order valence-corrected chi connectivity index (χ4v) is 4.28. The quantitative estimate of drug-likeness (QED) is 0.206. The molecule has 8 nitrogen and oxygen atoms in total. The van der Waals surface area contributed by atoms with E-state index in [2.05, 4.69) is 31.6 Å². The summed E-state index contributed by atoms with van der Waals surface area (Å²) < 4.78 is 12.1. The molecule has 1 amide bonds. The Morgan fingerprint density at radius 2 is 1.97 bits per heavy atom. The van der Waals surface area contributed by atoms with Gasteiger partial charge >= 0.3 is 0 Å². The number of hydrogen-bond donors (Lipinski definition) is 2. The highest BCUT2D eigenvalue weighted by Crippen LogP contribution is 2.27. The molecule has 3 N–H and O–H groups in total. The molecular formula is C21H27IN4O4S2. The van der Waals surface area contributed by atoms with Crippen LogP contribution in [0.1, 0.15) is 44.6 Å². The number of carbonyl (C=O) groups excluding carboxylic acids is 1. The highest BCUT2D eigenvalue weighted by molar-refractivity contribution is 14.2. The van der Waals surface area contributed by atoms with Crippen molar-refractivity contribution in [2.45, 2.75) is 40.2 Å². The zero-order chi connectivity index (χ0) is 23.7. The van der Waals surface area contributed by atoms with Crippen molar-refractivity contribution in [3.63, 3.8) is 0 Å². The van der Waals surface area contributed by atoms with E-state index in [-0.39, 0.29) is 23.2 Å². The van der Waals surface area contributed by atoms with E-state index in [1.807, 2.05) is 27.7 Å². The van der Waals surface area contributed by atoms with Gasteiger partial charge in [-0.1, -0.05) is 13.8 Å². The van der Waals surface area contributed by atoms with E-state index < -0.39 is 0 Å². The van der Waals surface area contributed by atoms with Crippen LogP contribution in [0.3, 0.4) is 0 Å². The summed E-state index contributed by atoms with van der Waals surface area (Å²) in [5.41, 5.74) is 6.34. The maximum Gasteiger partial charge on any atom is 0.282 e. The van der Waals surface area contributed by atoms with Gasteiger partial charge in [0.05, 0.1) is 38.5 Å². The van der Waals surface area contributed by atoms with Gasteiger partial charge in [-0.25, -0.2) is 0 Å². The minimum absolute atomic E-state index is 0.0667. The molecule has 0 bridgehead atoms. The lowest BCUT2D eigenvalue weighted by atomic mass is 10.2. The second kappa shape index (κ2) is 13.0. The lowest BCUT2D eigenvalue weighted by Gasteiger charge is -2.12. The van der Waals surface area contributed by atoms with Gasteiger partial charge in [0.25, 0.3) is 11.5 Å². The van der Waals surface area contributed by atoms with Gasteiger partial charge in [0.15, 0.2) is 5.69 Å². The van der Waals surface area contributed by atoms with Crippen LogP contribution in [0, 0.1) is 0 Å². The van der Waals surface area contributed by atoms with Crippen LogP contribution < -0.4 is 21.3 Å². The Hall–Kier alpha value is -1.83. The van der Waals surface area contributed by atoms with E-state index >= 15 is 0 Å². The third-order valence-electron chi connectivity index (χ3n) is 4.08. The minimum atomic E-state index is -0.369. The molecule has 0 aliphatic heterocycles. The number of amides is 1. The molecule has 0 aliphatic carbocycles. The number of nitrogen functional groups attached to an aromatic ring is 1. The van der Waals surface area contributed by atoms with Crippen molar-refractivity contribution in [3.8, 4) is 11.4 Å². The number of hydrogen-bond acceptors (Lipinski definition) is 8. The summed E-state index contributed by atoms with van der Waals surface area (Å²) in [6.45, 7) is 8.84. The van der Waals surface area contributed by atoms with Gasteiger partial charge in [-0.05, 0) is 38.1 Å². The zero-order valence-corrected chi connectivity index (χ0v) is 22.2. The molecule has 0 unspecified atom stereocenters. The number of carbonyl (C=O) groups is 1. The van der Waals surface area contributed by atoms with Gasteiger partial charge in [-0.2, -0.15) is 9.78 Å². The van der Waals surface area contributed by atoms with Crippen LogP contribution in [-0.2, 0) is 4.18 Å². The van der Waals surface area contributed by atoms with Crippen LogP contribution in [-0.4, -0.2) is 34.9 Å². The third kappa shape index (κ3) is 6.59. The summed E-state index contributed by atoms with van der Waals surface area (Å²) >= 11 is 3.28. The second-order valence-corrected chi connectivity index (χ2v) is 9.01. The minimum Gasteiger partial charge on any atom is -0.494 e. The first-order valence-corrected chi connectivity index (χ1v) is 14.3. The summed E-state index contributed by atoms with van der Waals surface area (Å²) in [5.74, 6) is 0.316. The molecule has 11 heteroatoms. The Kier molecular flexibility index (Phi) is 10.7. The Morgan fingerprint density at radius 3 is 2.59 bits per heavy atom. The number of ether oxygens (including phenoxy) is 1. The average molecular weight is 591 g/mol. The van der Waals surface area contributed by atoms with Gasteiger partial charge in [0, 0.05) is 44.4 Å². The molecule has 3 rings (SSSR count). The number of aromatic nitrogens is 2. The van der Waals surface area contributed by atoms with Crippen LogP contribution in [0.5, 0.6) is 5.75 Å². The Labute approximate surface area is 207 Å². The Morgan fingerprint density at radius 1 is 1.28 bits per heavy atom. The van der Waals surface area contributed by atoms with Crippen LogP contribution in [0.25, 0.3) is 16.5 Å². The van der Waals surface area contributed by atoms with E-state index in [9.17, 15) is 9.59 Å². The van der Waals surface area contributed by atoms with Crippen molar-refractivity contribution in [1.82, 2.24) is 15.1 Å². The molecule has 32 heavy (non-hydrogen) atoms. The number of nitrogens with one attached hydrogen (secondary N) is 1. The van der Waals surface area contributed by atoms with Crippen molar-refractivity contribution in [2.24, 2.45) is 0 Å². The summed E-state index contributed by atoms with van der Waals surface area (Å²) in [6, 6.07) is 6.89. The maximum absolute atomic E-state index is 13.0. The van der Waals surface area contributed by atoms with Gasteiger partial charge < -0.3 is 20.0 Å². The van der Waals surface area contributed by atoms with Crippen molar-refractivity contribution < 1.29 is 13.7 Å². The molecule has 0 spiro atoms. The summed E-state index contributed by atoms with van der Waals surface area (Å²) in [5, 5.41) is 9.98. The molecule has 0 atom stereocenters. The fraction of sp³-hybridized carbons (Fsp3) is 0.381. The standard InChI is InChI=1S/C19H21IN4O4S2.C2H6/c1-11(2)22-18(25)16-14-10-29-17(21)15(14)19(26)24(23-16)12-4-6-13(7-5-12)27-8-3-9-28-30-20;1-2/h4-7,10-11H,3,8-9,21H2,1-2H3,(H,22,25);1-2H3. The molecule has 0 fully saturated rings. The van der Waals surface area contributed by atoms with E-state index in [1.54, 1.807) is 29.6 Å². The molecule has 0 aliphatic rings. The average Bonchev–Trinajstić information content (AvgIpc) is 3.17. The molecule has 174 valence electrons. The van der Waals surface area contributed by atoms with Crippen LogP contribution in [0.15, 0.2) is 34.4 Å². The molecule has 2 aromatic heterocycles. The predicted octanol–water partition coefficient (Wildman–Crippen LogP) is 4.98. The maximum atomic E-state index is 13.0. The highest BCUT2D eigenvalue weighted by atomic mass is 127. The van der Waals surface area contributed by atoms with Gasteiger partial charge in [0.2, 0.25) is 0 Å². The lowest BCUT2D eigenvalue weighted by Crippen LogP contribution is -2.33. The van der Waals surface area contributed by atoms with Crippen molar-refractivity contribution in [2.75, 3.05) is 18.9 Å². The second-order valence-electron chi connectivity index (χ2n) is 6.66. The summed E-state index contributed by atoms with van der Waals surface area (Å²) in [6.07, 6.45) is 0.765. The SMILES string of the molecule is CC.CC(C)NC(=O)c1nn(-c2ccc(OCCCOSI)cc2)c(=O)c2c(N)scc12. The number of fused-ring (bicyclic) bond motifs is 1. The van der Waals surface area contributed by atoms with Crippen LogP contribution in [0.4, 0.5) is 5.00 Å². The van der Waals surface area contributed by atoms with Crippen molar-refractivity contribution >= 4 is 63.4 Å². The normalized spacial score (nSPS) is 10.7. The van der Waals surface area contributed by atoms with Gasteiger partial charge in [-0.3, -0.25) is 9.59 Å². The summed E-state index contributed by atoms with van der Waals surface area (Å²) in [4.78, 5) is 25.7. The molecule has 2 heterocycles. The number of thiophene rings is 1. The molecule has 3 aromatic rings. The number of anilines is 1. The molecule has 0 saturated heterocycles. The molecule has 1 aromatic carbocycles. The van der Waals surface area contributed by atoms with E-state index in [1.165, 1.54) is 25.2 Å². The first-order chi connectivity index (χ1) is 15.4. The number of halogens is 1. The number of rotatable bonds is 9.